The van der Waals surface area contributed by atoms with Gasteiger partial charge in [0.2, 0.25) is 5.91 Å². The summed E-state index contributed by atoms with van der Waals surface area (Å²) in [6.45, 7) is 0. The van der Waals surface area contributed by atoms with Crippen LogP contribution < -0.4 is 15.4 Å². The zero-order chi connectivity index (χ0) is 11.7. The second-order valence-corrected chi connectivity index (χ2v) is 4.26. The molecule has 1 aliphatic rings. The van der Waals surface area contributed by atoms with E-state index in [9.17, 15) is 4.79 Å². The smallest absolute Gasteiger partial charge is 0.248 e. The van der Waals surface area contributed by atoms with Crippen LogP contribution in [-0.4, -0.2) is 26.1 Å². The molecule has 0 heterocycles. The molecule has 2 N–H and O–H groups in total. The number of amides is 1. The van der Waals surface area contributed by atoms with Crippen LogP contribution in [0.1, 0.15) is 23.2 Å². The van der Waals surface area contributed by atoms with Crippen molar-refractivity contribution < 1.29 is 9.53 Å². The van der Waals surface area contributed by atoms with Crippen LogP contribution >= 0.6 is 0 Å². The summed E-state index contributed by atoms with van der Waals surface area (Å²) < 4.78 is 5.76. The number of benzene rings is 1. The van der Waals surface area contributed by atoms with E-state index in [1.807, 2.05) is 25.1 Å². The maximum absolute atomic E-state index is 11.1. The van der Waals surface area contributed by atoms with Crippen molar-refractivity contribution in [2.24, 2.45) is 5.73 Å². The number of carbonyl (C=O) groups is 1. The molecule has 0 unspecified atom stereocenters. The van der Waals surface area contributed by atoms with Crippen LogP contribution in [-0.2, 0) is 0 Å². The minimum atomic E-state index is -0.416. The van der Waals surface area contributed by atoms with Crippen molar-refractivity contribution in [3.8, 4) is 5.75 Å². The molecule has 0 bridgehead atoms. The summed E-state index contributed by atoms with van der Waals surface area (Å²) >= 11 is 0. The lowest BCUT2D eigenvalue weighted by atomic mass is 10.1. The van der Waals surface area contributed by atoms with Crippen molar-refractivity contribution in [2.75, 3.05) is 19.0 Å². The first-order valence-electron chi connectivity index (χ1n) is 5.36. The van der Waals surface area contributed by atoms with Crippen molar-refractivity contribution in [2.45, 2.75) is 18.9 Å². The number of anilines is 1. The molecule has 1 aromatic rings. The Bertz CT molecular complexity index is 411. The highest BCUT2D eigenvalue weighted by Crippen LogP contribution is 2.33. The fraction of sp³-hybridized carbons (Fsp3) is 0.417. The van der Waals surface area contributed by atoms with Crippen LogP contribution in [0.4, 0.5) is 5.69 Å². The normalized spacial score (nSPS) is 14.6. The van der Waals surface area contributed by atoms with Crippen molar-refractivity contribution in [3.05, 3.63) is 23.8 Å². The third-order valence-corrected chi connectivity index (χ3v) is 2.54. The molecule has 2 rings (SSSR count). The number of primary amides is 1. The molecule has 0 atom stereocenters. The summed E-state index contributed by atoms with van der Waals surface area (Å²) in [6.07, 6.45) is 2.58. The molecule has 86 valence electrons. The SMILES string of the molecule is CN(C)c1cc(C(N)=O)ccc1OC1CC1. The second kappa shape index (κ2) is 4.04. The van der Waals surface area contributed by atoms with Crippen molar-refractivity contribution >= 4 is 11.6 Å². The molecule has 4 nitrogen and oxygen atoms in total. The lowest BCUT2D eigenvalue weighted by Gasteiger charge is -2.18. The number of nitrogens with zero attached hydrogens (tertiary/aromatic N) is 1. The van der Waals surface area contributed by atoms with Crippen LogP contribution in [0.15, 0.2) is 18.2 Å². The molecule has 0 spiro atoms. The third-order valence-electron chi connectivity index (χ3n) is 2.54. The first-order chi connectivity index (χ1) is 7.58. The van der Waals surface area contributed by atoms with E-state index in [-0.39, 0.29) is 0 Å². The molecule has 1 amide bonds. The van der Waals surface area contributed by atoms with Crippen molar-refractivity contribution in [3.63, 3.8) is 0 Å². The van der Waals surface area contributed by atoms with Crippen LogP contribution in [0.3, 0.4) is 0 Å². The van der Waals surface area contributed by atoms with E-state index in [4.69, 9.17) is 10.5 Å². The minimum absolute atomic E-state index is 0.345. The Morgan fingerprint density at radius 3 is 2.62 bits per heavy atom. The van der Waals surface area contributed by atoms with E-state index in [1.165, 1.54) is 0 Å². The maximum Gasteiger partial charge on any atom is 0.248 e. The standard InChI is InChI=1S/C12H16N2O2/c1-14(2)10-7-8(12(13)15)3-6-11(10)16-9-4-5-9/h3,6-7,9H,4-5H2,1-2H3,(H2,13,15). The van der Waals surface area contributed by atoms with Gasteiger partial charge in [-0.15, -0.1) is 0 Å². The molecule has 0 aromatic heterocycles. The van der Waals surface area contributed by atoms with E-state index >= 15 is 0 Å². The van der Waals surface area contributed by atoms with Gasteiger partial charge in [-0.1, -0.05) is 0 Å². The van der Waals surface area contributed by atoms with E-state index in [1.54, 1.807) is 12.1 Å². The molecular formula is C12H16N2O2. The van der Waals surface area contributed by atoms with Gasteiger partial charge in [0.1, 0.15) is 5.75 Å². The molecule has 1 fully saturated rings. The molecule has 1 aromatic carbocycles. The molecular weight excluding hydrogens is 204 g/mol. The van der Waals surface area contributed by atoms with Gasteiger partial charge in [-0.05, 0) is 31.0 Å². The molecule has 1 aliphatic carbocycles. The number of carbonyl (C=O) groups excluding carboxylic acids is 1. The molecule has 1 saturated carbocycles. The number of nitrogens with two attached hydrogens (primary N) is 1. The molecule has 0 radical (unpaired) electrons. The minimum Gasteiger partial charge on any atom is -0.488 e. The van der Waals surface area contributed by atoms with Gasteiger partial charge in [0.25, 0.3) is 0 Å². The van der Waals surface area contributed by atoms with Gasteiger partial charge in [0.05, 0.1) is 11.8 Å². The Balaban J connectivity index is 2.31. The third kappa shape index (κ3) is 2.27. The van der Waals surface area contributed by atoms with E-state index < -0.39 is 5.91 Å². The number of ether oxygens (including phenoxy) is 1. The fourth-order valence-corrected chi connectivity index (χ4v) is 1.49. The molecule has 0 aliphatic heterocycles. The Hall–Kier alpha value is -1.71. The number of hydrogen-bond donors (Lipinski definition) is 1. The highest BCUT2D eigenvalue weighted by Gasteiger charge is 2.25. The van der Waals surface area contributed by atoms with Crippen LogP contribution in [0.25, 0.3) is 0 Å². The van der Waals surface area contributed by atoms with Gasteiger partial charge in [-0.25, -0.2) is 0 Å². The first kappa shape index (κ1) is 10.8. The highest BCUT2D eigenvalue weighted by atomic mass is 16.5. The van der Waals surface area contributed by atoms with Crippen LogP contribution in [0.5, 0.6) is 5.75 Å². The maximum atomic E-state index is 11.1. The Morgan fingerprint density at radius 1 is 1.44 bits per heavy atom. The molecule has 16 heavy (non-hydrogen) atoms. The Morgan fingerprint density at radius 2 is 2.12 bits per heavy atom. The summed E-state index contributed by atoms with van der Waals surface area (Å²) in [6, 6.07) is 5.28. The largest absolute Gasteiger partial charge is 0.488 e. The molecule has 0 saturated heterocycles. The van der Waals surface area contributed by atoms with E-state index in [2.05, 4.69) is 0 Å². The average molecular weight is 220 g/mol. The quantitative estimate of drug-likeness (QED) is 0.834. The Labute approximate surface area is 95.0 Å². The molecule has 4 heteroatoms. The van der Waals surface area contributed by atoms with Gasteiger partial charge >= 0.3 is 0 Å². The summed E-state index contributed by atoms with van der Waals surface area (Å²) in [5.74, 6) is 0.401. The predicted molar refractivity (Wildman–Crippen MR) is 62.9 cm³/mol. The Kier molecular flexibility index (Phi) is 2.73. The highest BCUT2D eigenvalue weighted by molar-refractivity contribution is 5.94. The zero-order valence-corrected chi connectivity index (χ0v) is 9.56. The van der Waals surface area contributed by atoms with Gasteiger partial charge in [-0.3, -0.25) is 4.79 Å². The summed E-state index contributed by atoms with van der Waals surface area (Å²) in [5, 5.41) is 0. The van der Waals surface area contributed by atoms with Gasteiger partial charge in [0, 0.05) is 19.7 Å². The lowest BCUT2D eigenvalue weighted by Crippen LogP contribution is -2.15. The van der Waals surface area contributed by atoms with Gasteiger partial charge < -0.3 is 15.4 Å². The fourth-order valence-electron chi connectivity index (χ4n) is 1.49. The van der Waals surface area contributed by atoms with E-state index in [0.29, 0.717) is 11.7 Å². The van der Waals surface area contributed by atoms with Gasteiger partial charge in [0.15, 0.2) is 0 Å². The van der Waals surface area contributed by atoms with Gasteiger partial charge in [-0.2, -0.15) is 0 Å². The topological polar surface area (TPSA) is 55.6 Å². The summed E-state index contributed by atoms with van der Waals surface area (Å²) in [4.78, 5) is 13.0. The lowest BCUT2D eigenvalue weighted by molar-refractivity contribution is 0.100. The van der Waals surface area contributed by atoms with E-state index in [0.717, 1.165) is 24.3 Å². The number of hydrogen-bond acceptors (Lipinski definition) is 3. The van der Waals surface area contributed by atoms with Crippen molar-refractivity contribution in [1.29, 1.82) is 0 Å². The predicted octanol–water partition coefficient (Wildman–Crippen LogP) is 1.39. The summed E-state index contributed by atoms with van der Waals surface area (Å²) in [7, 11) is 3.83. The van der Waals surface area contributed by atoms with Crippen LogP contribution in [0, 0.1) is 0 Å². The average Bonchev–Trinajstić information content (AvgIpc) is 3.01. The monoisotopic (exact) mass is 220 g/mol. The van der Waals surface area contributed by atoms with Crippen LogP contribution in [0.2, 0.25) is 0 Å². The zero-order valence-electron chi connectivity index (χ0n) is 9.56. The summed E-state index contributed by atoms with van der Waals surface area (Å²) in [5.41, 5.74) is 6.65. The second-order valence-electron chi connectivity index (χ2n) is 4.26. The van der Waals surface area contributed by atoms with Crippen molar-refractivity contribution in [1.82, 2.24) is 0 Å². The number of rotatable bonds is 4. The first-order valence-corrected chi connectivity index (χ1v) is 5.36.